The molecule has 0 radical (unpaired) electrons. The van der Waals surface area contributed by atoms with Gasteiger partial charge in [-0.15, -0.1) is 0 Å². The van der Waals surface area contributed by atoms with Crippen LogP contribution in [0.5, 0.6) is 0 Å². The molecule has 0 saturated heterocycles. The molecule has 2 N–H and O–H groups in total. The number of imidazole rings is 1. The van der Waals surface area contributed by atoms with Crippen molar-refractivity contribution in [2.45, 2.75) is 11.7 Å². The zero-order chi connectivity index (χ0) is 23.5. The zero-order valence-corrected chi connectivity index (χ0v) is 18.8. The Kier molecular flexibility index (Phi) is 5.85. The Hall–Kier alpha value is -4.35. The molecule has 0 unspecified atom stereocenters. The zero-order valence-electron chi connectivity index (χ0n) is 18.0. The van der Waals surface area contributed by atoms with Crippen LogP contribution >= 0.6 is 11.8 Å². The summed E-state index contributed by atoms with van der Waals surface area (Å²) in [6, 6.07) is 26.3. The van der Waals surface area contributed by atoms with Crippen molar-refractivity contribution in [3.05, 3.63) is 106 Å². The maximum absolute atomic E-state index is 13.3. The van der Waals surface area contributed by atoms with Crippen LogP contribution in [0.2, 0.25) is 0 Å². The van der Waals surface area contributed by atoms with Gasteiger partial charge in [0, 0.05) is 0 Å². The predicted molar refractivity (Wildman–Crippen MR) is 134 cm³/mol. The standard InChI is InChI=1S/C26H19N5O2S/c27-14-19(24-28-21-12-6-7-13-22(21)29-24)23(32)16-34-26-30-20-11-5-4-10-18(20)25(33)31(26)15-17-8-2-1-3-9-17/h1-13,32H,15-16H2,(H,28,29). The Morgan fingerprint density at radius 2 is 1.68 bits per heavy atom. The van der Waals surface area contributed by atoms with Crippen molar-refractivity contribution in [1.29, 1.82) is 5.26 Å². The summed E-state index contributed by atoms with van der Waals surface area (Å²) in [6.07, 6.45) is 0. The van der Waals surface area contributed by atoms with Crippen LogP contribution in [0.3, 0.4) is 0 Å². The molecule has 8 heteroatoms. The van der Waals surface area contributed by atoms with Crippen LogP contribution in [0.15, 0.2) is 94.6 Å². The monoisotopic (exact) mass is 465 g/mol. The molecule has 5 rings (SSSR count). The van der Waals surface area contributed by atoms with Gasteiger partial charge >= 0.3 is 0 Å². The topological polar surface area (TPSA) is 108 Å². The Balaban J connectivity index is 1.51. The summed E-state index contributed by atoms with van der Waals surface area (Å²) in [7, 11) is 0. The summed E-state index contributed by atoms with van der Waals surface area (Å²) in [5.41, 5.74) is 2.93. The largest absolute Gasteiger partial charge is 0.510 e. The molecule has 0 amide bonds. The molecular formula is C26H19N5O2S. The Morgan fingerprint density at radius 3 is 2.44 bits per heavy atom. The van der Waals surface area contributed by atoms with Crippen LogP contribution in [-0.2, 0) is 6.54 Å². The summed E-state index contributed by atoms with van der Waals surface area (Å²) in [6.45, 7) is 0.346. The minimum Gasteiger partial charge on any atom is -0.510 e. The molecule has 34 heavy (non-hydrogen) atoms. The summed E-state index contributed by atoms with van der Waals surface area (Å²) in [4.78, 5) is 25.4. The first-order valence-corrected chi connectivity index (χ1v) is 11.6. The van der Waals surface area contributed by atoms with E-state index in [1.807, 2.05) is 72.8 Å². The van der Waals surface area contributed by atoms with Gasteiger partial charge in [-0.1, -0.05) is 66.4 Å². The van der Waals surface area contributed by atoms with E-state index in [1.54, 1.807) is 16.7 Å². The summed E-state index contributed by atoms with van der Waals surface area (Å²) < 4.78 is 1.60. The smallest absolute Gasteiger partial charge is 0.262 e. The maximum atomic E-state index is 13.3. The lowest BCUT2D eigenvalue weighted by Crippen LogP contribution is -2.24. The minimum absolute atomic E-state index is 0.0551. The molecule has 5 aromatic rings. The van der Waals surface area contributed by atoms with Crippen molar-refractivity contribution < 1.29 is 5.11 Å². The molecule has 166 valence electrons. The quantitative estimate of drug-likeness (QED) is 0.160. The lowest BCUT2D eigenvalue weighted by Gasteiger charge is -2.13. The van der Waals surface area contributed by atoms with Gasteiger partial charge in [0.15, 0.2) is 11.0 Å². The van der Waals surface area contributed by atoms with E-state index in [1.165, 1.54) is 11.8 Å². The van der Waals surface area contributed by atoms with Gasteiger partial charge in [-0.2, -0.15) is 5.26 Å². The summed E-state index contributed by atoms with van der Waals surface area (Å²) in [5.74, 6) is 0.217. The molecule has 0 spiro atoms. The van der Waals surface area contributed by atoms with Gasteiger partial charge in [-0.25, -0.2) is 9.97 Å². The third kappa shape index (κ3) is 4.17. The van der Waals surface area contributed by atoms with Gasteiger partial charge in [0.1, 0.15) is 17.4 Å². The molecule has 0 fully saturated rings. The van der Waals surface area contributed by atoms with E-state index < -0.39 is 0 Å². The number of fused-ring (bicyclic) bond motifs is 2. The van der Waals surface area contributed by atoms with E-state index in [-0.39, 0.29) is 22.6 Å². The number of rotatable bonds is 6. The highest BCUT2D eigenvalue weighted by Crippen LogP contribution is 2.25. The van der Waals surface area contributed by atoms with E-state index in [0.29, 0.717) is 33.9 Å². The number of allylic oxidation sites excluding steroid dienone is 1. The number of nitrogens with one attached hydrogen (secondary N) is 1. The molecule has 0 aliphatic carbocycles. The van der Waals surface area contributed by atoms with Crippen molar-refractivity contribution in [3.8, 4) is 6.07 Å². The van der Waals surface area contributed by atoms with Crippen molar-refractivity contribution in [1.82, 2.24) is 19.5 Å². The van der Waals surface area contributed by atoms with Crippen molar-refractivity contribution >= 4 is 39.3 Å². The molecular weight excluding hydrogens is 446 g/mol. The van der Waals surface area contributed by atoms with E-state index in [2.05, 4.69) is 15.0 Å². The second-order valence-corrected chi connectivity index (χ2v) is 8.56. The number of aliphatic hydroxyl groups excluding tert-OH is 1. The molecule has 7 nitrogen and oxygen atoms in total. The first-order valence-electron chi connectivity index (χ1n) is 10.6. The Labute approximate surface area is 199 Å². The molecule has 0 aliphatic rings. The number of nitrogens with zero attached hydrogens (tertiary/aromatic N) is 4. The van der Waals surface area contributed by atoms with Crippen molar-refractivity contribution in [3.63, 3.8) is 0 Å². The number of aromatic nitrogens is 4. The van der Waals surface area contributed by atoms with Gasteiger partial charge in [-0.3, -0.25) is 9.36 Å². The van der Waals surface area contributed by atoms with Gasteiger partial charge < -0.3 is 10.1 Å². The van der Waals surface area contributed by atoms with Crippen LogP contribution < -0.4 is 5.56 Å². The number of aliphatic hydroxyl groups is 1. The van der Waals surface area contributed by atoms with Crippen LogP contribution in [0, 0.1) is 11.3 Å². The maximum Gasteiger partial charge on any atom is 0.262 e. The normalized spacial score (nSPS) is 12.0. The van der Waals surface area contributed by atoms with Gasteiger partial charge in [0.2, 0.25) is 0 Å². The number of thioether (sulfide) groups is 1. The number of benzene rings is 3. The summed E-state index contributed by atoms with van der Waals surface area (Å²) in [5, 5.41) is 21.5. The number of nitriles is 1. The summed E-state index contributed by atoms with van der Waals surface area (Å²) >= 11 is 1.20. The minimum atomic E-state index is -0.154. The average Bonchev–Trinajstić information content (AvgIpc) is 3.29. The molecule has 2 heterocycles. The van der Waals surface area contributed by atoms with Gasteiger partial charge in [0.05, 0.1) is 34.2 Å². The highest BCUT2D eigenvalue weighted by molar-refractivity contribution is 7.99. The number of para-hydroxylation sites is 3. The van der Waals surface area contributed by atoms with Crippen LogP contribution in [0.4, 0.5) is 0 Å². The molecule has 0 bridgehead atoms. The van der Waals surface area contributed by atoms with Gasteiger partial charge in [0.25, 0.3) is 5.56 Å². The molecule has 0 aliphatic heterocycles. The average molecular weight is 466 g/mol. The van der Waals surface area contributed by atoms with Crippen molar-refractivity contribution in [2.75, 3.05) is 5.75 Å². The highest BCUT2D eigenvalue weighted by Gasteiger charge is 2.16. The van der Waals surface area contributed by atoms with E-state index >= 15 is 0 Å². The lowest BCUT2D eigenvalue weighted by atomic mass is 10.2. The predicted octanol–water partition coefficient (Wildman–Crippen LogP) is 4.91. The number of hydrogen-bond donors (Lipinski definition) is 2. The van der Waals surface area contributed by atoms with E-state index in [9.17, 15) is 15.2 Å². The third-order valence-corrected chi connectivity index (χ3v) is 6.36. The second-order valence-electron chi connectivity index (χ2n) is 7.61. The van der Waals surface area contributed by atoms with Crippen molar-refractivity contribution in [2.24, 2.45) is 0 Å². The van der Waals surface area contributed by atoms with E-state index in [0.717, 1.165) is 11.1 Å². The first kappa shape index (κ1) is 21.5. The van der Waals surface area contributed by atoms with Gasteiger partial charge in [-0.05, 0) is 29.8 Å². The van der Waals surface area contributed by atoms with Crippen LogP contribution in [-0.4, -0.2) is 30.4 Å². The Bertz CT molecular complexity index is 1600. The first-order chi connectivity index (χ1) is 16.6. The third-order valence-electron chi connectivity index (χ3n) is 5.37. The fraction of sp³-hybridized carbons (Fsp3) is 0.0769. The number of aromatic amines is 1. The number of hydrogen-bond acceptors (Lipinski definition) is 6. The highest BCUT2D eigenvalue weighted by atomic mass is 32.2. The molecule has 0 saturated carbocycles. The molecule has 2 aromatic heterocycles. The Morgan fingerprint density at radius 1 is 0.971 bits per heavy atom. The molecule has 3 aromatic carbocycles. The fourth-order valence-corrected chi connectivity index (χ4v) is 4.57. The number of H-pyrrole nitrogens is 1. The SMILES string of the molecule is N#CC(=C(O)CSc1nc2ccccc2c(=O)n1Cc1ccccc1)c1nc2ccccc2[nH]1. The fourth-order valence-electron chi connectivity index (χ4n) is 3.69. The lowest BCUT2D eigenvalue weighted by molar-refractivity contribution is 0.420. The van der Waals surface area contributed by atoms with Crippen LogP contribution in [0.1, 0.15) is 11.4 Å². The van der Waals surface area contributed by atoms with E-state index in [4.69, 9.17) is 0 Å². The second kappa shape index (κ2) is 9.25. The van der Waals surface area contributed by atoms with Crippen LogP contribution in [0.25, 0.3) is 27.5 Å². The molecule has 0 atom stereocenters.